The first-order valence-electron chi connectivity index (χ1n) is 12.2. The molecule has 5 rings (SSSR count). The Kier molecular flexibility index (Phi) is 7.16. The number of methoxy groups -OCH3 is 1. The first kappa shape index (κ1) is 24.1. The summed E-state index contributed by atoms with van der Waals surface area (Å²) in [4.78, 5) is 29.0. The third kappa shape index (κ3) is 5.48. The Hall–Kier alpha value is -4.59. The number of carbonyl (C=O) groups excluding carboxylic acids is 2. The molecule has 1 aliphatic rings. The van der Waals surface area contributed by atoms with Crippen LogP contribution in [-0.2, 0) is 11.3 Å². The predicted molar refractivity (Wildman–Crippen MR) is 140 cm³/mol. The van der Waals surface area contributed by atoms with Crippen molar-refractivity contribution in [3.63, 3.8) is 0 Å². The van der Waals surface area contributed by atoms with Gasteiger partial charge in [0.15, 0.2) is 5.76 Å². The number of hydrogen-bond donors (Lipinski definition) is 0. The van der Waals surface area contributed by atoms with Crippen molar-refractivity contribution in [1.82, 2.24) is 19.6 Å². The van der Waals surface area contributed by atoms with Crippen LogP contribution in [0.5, 0.6) is 5.75 Å². The van der Waals surface area contributed by atoms with Crippen molar-refractivity contribution in [1.29, 1.82) is 0 Å². The third-order valence-corrected chi connectivity index (χ3v) is 6.36. The Morgan fingerprint density at radius 3 is 2.41 bits per heavy atom. The number of benzene rings is 2. The minimum absolute atomic E-state index is 0.105. The molecule has 37 heavy (non-hydrogen) atoms. The molecule has 0 aliphatic carbocycles. The first-order valence-corrected chi connectivity index (χ1v) is 12.2. The average molecular weight is 497 g/mol. The predicted octanol–water partition coefficient (Wildman–Crippen LogP) is 4.20. The first-order chi connectivity index (χ1) is 18.1. The molecule has 2 aromatic carbocycles. The van der Waals surface area contributed by atoms with Gasteiger partial charge >= 0.3 is 0 Å². The summed E-state index contributed by atoms with van der Waals surface area (Å²) in [7, 11) is 1.63. The van der Waals surface area contributed by atoms with Crippen molar-refractivity contribution in [3.05, 3.63) is 102 Å². The molecule has 2 amide bonds. The summed E-state index contributed by atoms with van der Waals surface area (Å²) in [5.41, 5.74) is 3.55. The molecule has 3 heterocycles. The van der Waals surface area contributed by atoms with Crippen molar-refractivity contribution < 1.29 is 18.7 Å². The maximum absolute atomic E-state index is 13.0. The maximum atomic E-state index is 13.0. The molecule has 0 radical (unpaired) electrons. The fraction of sp³-hybridized carbons (Fsp3) is 0.207. The highest BCUT2D eigenvalue weighted by molar-refractivity contribution is 5.94. The number of furan rings is 1. The second-order valence-electron chi connectivity index (χ2n) is 8.74. The molecule has 1 aliphatic heterocycles. The minimum Gasteiger partial charge on any atom is -0.496 e. The summed E-state index contributed by atoms with van der Waals surface area (Å²) >= 11 is 0. The largest absolute Gasteiger partial charge is 0.496 e. The third-order valence-electron chi connectivity index (χ3n) is 6.36. The van der Waals surface area contributed by atoms with Gasteiger partial charge in [-0.2, -0.15) is 5.10 Å². The molecule has 4 aromatic rings. The molecule has 0 unspecified atom stereocenters. The molecule has 0 bridgehead atoms. The zero-order valence-electron chi connectivity index (χ0n) is 20.6. The smallest absolute Gasteiger partial charge is 0.289 e. The molecule has 0 saturated carbocycles. The maximum Gasteiger partial charge on any atom is 0.289 e. The highest BCUT2D eigenvalue weighted by atomic mass is 16.5. The number of amides is 2. The molecule has 0 spiro atoms. The van der Waals surface area contributed by atoms with Gasteiger partial charge in [0.2, 0.25) is 5.91 Å². The normalized spacial score (nSPS) is 13.8. The Balaban J connectivity index is 1.33. The topological polar surface area (TPSA) is 80.8 Å². The quantitative estimate of drug-likeness (QED) is 0.358. The Morgan fingerprint density at radius 1 is 0.946 bits per heavy atom. The van der Waals surface area contributed by atoms with E-state index < -0.39 is 0 Å². The van der Waals surface area contributed by atoms with Gasteiger partial charge < -0.3 is 19.0 Å². The SMILES string of the molecule is COc1ccccc1-c1nn(Cc2ccccc2)cc1C=CC(=O)N1CCN(C(=O)c2ccco2)CC1. The van der Waals surface area contributed by atoms with Crippen LogP contribution in [0.3, 0.4) is 0 Å². The van der Waals surface area contributed by atoms with E-state index in [2.05, 4.69) is 12.1 Å². The fourth-order valence-corrected chi connectivity index (χ4v) is 4.41. The van der Waals surface area contributed by atoms with Crippen molar-refractivity contribution >= 4 is 17.9 Å². The monoisotopic (exact) mass is 496 g/mol. The molecule has 1 fully saturated rings. The summed E-state index contributed by atoms with van der Waals surface area (Å²) in [6, 6.07) is 21.2. The van der Waals surface area contributed by atoms with Gasteiger partial charge in [0.25, 0.3) is 5.91 Å². The summed E-state index contributed by atoms with van der Waals surface area (Å²) in [6.45, 7) is 2.45. The zero-order valence-corrected chi connectivity index (χ0v) is 20.6. The molecule has 8 heteroatoms. The van der Waals surface area contributed by atoms with Gasteiger partial charge in [0.05, 0.1) is 19.9 Å². The lowest BCUT2D eigenvalue weighted by atomic mass is 10.1. The highest BCUT2D eigenvalue weighted by Gasteiger charge is 2.25. The highest BCUT2D eigenvalue weighted by Crippen LogP contribution is 2.32. The van der Waals surface area contributed by atoms with E-state index in [1.807, 2.05) is 53.3 Å². The van der Waals surface area contributed by atoms with Crippen molar-refractivity contribution in [2.24, 2.45) is 0 Å². The second-order valence-corrected chi connectivity index (χ2v) is 8.74. The van der Waals surface area contributed by atoms with Gasteiger partial charge in [-0.05, 0) is 35.9 Å². The van der Waals surface area contributed by atoms with Crippen LogP contribution < -0.4 is 4.74 Å². The Labute approximate surface area is 215 Å². The van der Waals surface area contributed by atoms with E-state index >= 15 is 0 Å². The molecule has 0 N–H and O–H groups in total. The number of rotatable bonds is 7. The van der Waals surface area contributed by atoms with E-state index in [4.69, 9.17) is 14.3 Å². The van der Waals surface area contributed by atoms with E-state index in [0.717, 1.165) is 22.4 Å². The number of hydrogen-bond acceptors (Lipinski definition) is 5. The van der Waals surface area contributed by atoms with Gasteiger partial charge in [-0.1, -0.05) is 42.5 Å². The molecule has 8 nitrogen and oxygen atoms in total. The van der Waals surface area contributed by atoms with Crippen LogP contribution in [0.1, 0.15) is 21.7 Å². The van der Waals surface area contributed by atoms with E-state index in [-0.39, 0.29) is 11.8 Å². The molecular formula is C29H28N4O4. The van der Waals surface area contributed by atoms with Gasteiger partial charge in [-0.15, -0.1) is 0 Å². The number of ether oxygens (including phenoxy) is 1. The van der Waals surface area contributed by atoms with E-state index in [0.29, 0.717) is 44.2 Å². The summed E-state index contributed by atoms with van der Waals surface area (Å²) in [6.07, 6.45) is 6.81. The van der Waals surface area contributed by atoms with Crippen molar-refractivity contribution in [2.75, 3.05) is 33.3 Å². The van der Waals surface area contributed by atoms with Crippen LogP contribution in [0.15, 0.2) is 89.7 Å². The molecule has 2 aromatic heterocycles. The minimum atomic E-state index is -0.153. The fourth-order valence-electron chi connectivity index (χ4n) is 4.41. The molecule has 188 valence electrons. The number of aromatic nitrogens is 2. The van der Waals surface area contributed by atoms with Gasteiger partial charge in [0.1, 0.15) is 11.4 Å². The number of para-hydroxylation sites is 1. The van der Waals surface area contributed by atoms with E-state index in [1.54, 1.807) is 41.2 Å². The summed E-state index contributed by atoms with van der Waals surface area (Å²) in [5, 5.41) is 4.84. The summed E-state index contributed by atoms with van der Waals surface area (Å²) < 4.78 is 12.7. The van der Waals surface area contributed by atoms with Crippen LogP contribution in [-0.4, -0.2) is 64.7 Å². The van der Waals surface area contributed by atoms with Gasteiger partial charge in [0, 0.05) is 49.6 Å². The van der Waals surface area contributed by atoms with Crippen molar-refractivity contribution in [3.8, 4) is 17.0 Å². The Morgan fingerprint density at radius 2 is 1.68 bits per heavy atom. The van der Waals surface area contributed by atoms with Crippen LogP contribution in [0, 0.1) is 0 Å². The van der Waals surface area contributed by atoms with Crippen LogP contribution in [0.25, 0.3) is 17.3 Å². The van der Waals surface area contributed by atoms with Crippen molar-refractivity contribution in [2.45, 2.75) is 6.54 Å². The van der Waals surface area contributed by atoms with Gasteiger partial charge in [-0.3, -0.25) is 14.3 Å². The van der Waals surface area contributed by atoms with Crippen LogP contribution in [0.4, 0.5) is 0 Å². The number of carbonyl (C=O) groups is 2. The van der Waals surface area contributed by atoms with Gasteiger partial charge in [-0.25, -0.2) is 0 Å². The lowest BCUT2D eigenvalue weighted by Crippen LogP contribution is -2.50. The lowest BCUT2D eigenvalue weighted by molar-refractivity contribution is -0.127. The second kappa shape index (κ2) is 11.0. The zero-order chi connectivity index (χ0) is 25.6. The Bertz CT molecular complexity index is 1380. The van der Waals surface area contributed by atoms with E-state index in [9.17, 15) is 9.59 Å². The summed E-state index contributed by atoms with van der Waals surface area (Å²) in [5.74, 6) is 0.772. The molecular weight excluding hydrogens is 468 g/mol. The van der Waals surface area contributed by atoms with E-state index in [1.165, 1.54) is 6.26 Å². The van der Waals surface area contributed by atoms with Crippen LogP contribution >= 0.6 is 0 Å². The lowest BCUT2D eigenvalue weighted by Gasteiger charge is -2.33. The number of nitrogens with zero attached hydrogens (tertiary/aromatic N) is 4. The average Bonchev–Trinajstić information content (AvgIpc) is 3.62. The molecule has 1 saturated heterocycles. The molecule has 0 atom stereocenters. The van der Waals surface area contributed by atoms with Crippen LogP contribution in [0.2, 0.25) is 0 Å². The standard InChI is InChI=1S/C29H28N4O4/c1-36-25-11-6-5-10-24(25)28-23(21-33(30-28)20-22-8-3-2-4-9-22)13-14-27(34)31-15-17-32(18-16-31)29(35)26-12-7-19-37-26/h2-14,19,21H,15-18,20H2,1H3. The number of piperazine rings is 1.